The lowest BCUT2D eigenvalue weighted by Gasteiger charge is -2.16. The minimum Gasteiger partial charge on any atom is -0.230 e. The van der Waals surface area contributed by atoms with E-state index in [0.29, 0.717) is 11.2 Å². The molecule has 1 aliphatic heterocycles. The van der Waals surface area contributed by atoms with Gasteiger partial charge in [-0.15, -0.1) is 0 Å². The van der Waals surface area contributed by atoms with Crippen molar-refractivity contribution in [3.63, 3.8) is 0 Å². The maximum Gasteiger partial charge on any atom is 0.222 e. The summed E-state index contributed by atoms with van der Waals surface area (Å²) in [5.74, 6) is 0.350. The maximum absolute atomic E-state index is 5.62. The number of amidine groups is 1. The molecule has 2 nitrogen and oxygen atoms in total. The van der Waals surface area contributed by atoms with Crippen LogP contribution in [0.15, 0.2) is 33.9 Å². The van der Waals surface area contributed by atoms with E-state index in [-0.39, 0.29) is 0 Å². The van der Waals surface area contributed by atoms with E-state index in [4.69, 9.17) is 11.6 Å². The lowest BCUT2D eigenvalue weighted by atomic mass is 9.98. The Bertz CT molecular complexity index is 286. The molecule has 0 N–H and O–H groups in total. The van der Waals surface area contributed by atoms with Crippen molar-refractivity contribution < 1.29 is 0 Å². The summed E-state index contributed by atoms with van der Waals surface area (Å²) in [6, 6.07) is 0. The fourth-order valence-electron chi connectivity index (χ4n) is 1.18. The molecular weight excluding hydrogens is 160 g/mol. The first-order chi connectivity index (χ1) is 5.36. The van der Waals surface area contributed by atoms with Crippen LogP contribution in [0, 0.1) is 5.92 Å². The van der Waals surface area contributed by atoms with E-state index in [1.54, 1.807) is 0 Å². The van der Waals surface area contributed by atoms with Crippen molar-refractivity contribution in [1.29, 1.82) is 0 Å². The van der Waals surface area contributed by atoms with E-state index in [1.165, 1.54) is 0 Å². The van der Waals surface area contributed by atoms with Crippen LogP contribution >= 0.6 is 11.6 Å². The Morgan fingerprint density at radius 2 is 2.45 bits per heavy atom. The van der Waals surface area contributed by atoms with Crippen LogP contribution in [0.2, 0.25) is 0 Å². The lowest BCUT2D eigenvalue weighted by molar-refractivity contribution is 0.806. The van der Waals surface area contributed by atoms with Gasteiger partial charge in [-0.1, -0.05) is 12.2 Å². The zero-order valence-electron chi connectivity index (χ0n) is 5.87. The molecule has 3 heteroatoms. The van der Waals surface area contributed by atoms with Gasteiger partial charge in [0.05, 0.1) is 5.70 Å². The Morgan fingerprint density at radius 1 is 1.55 bits per heavy atom. The van der Waals surface area contributed by atoms with Gasteiger partial charge in [-0.05, 0) is 24.1 Å². The van der Waals surface area contributed by atoms with E-state index < -0.39 is 0 Å². The Labute approximate surface area is 70.0 Å². The summed E-state index contributed by atoms with van der Waals surface area (Å²) in [6.45, 7) is 0. The second-order valence-electron chi connectivity index (χ2n) is 2.52. The van der Waals surface area contributed by atoms with Gasteiger partial charge >= 0.3 is 0 Å². The lowest BCUT2D eigenvalue weighted by Crippen LogP contribution is -2.11. The van der Waals surface area contributed by atoms with Gasteiger partial charge in [0.15, 0.2) is 0 Å². The van der Waals surface area contributed by atoms with Gasteiger partial charge in [0.2, 0.25) is 5.29 Å². The molecule has 0 aromatic carbocycles. The molecule has 0 fully saturated rings. The van der Waals surface area contributed by atoms with Crippen LogP contribution in [0.3, 0.4) is 0 Å². The van der Waals surface area contributed by atoms with Crippen molar-refractivity contribution in [3.8, 4) is 0 Å². The zero-order chi connectivity index (χ0) is 7.68. The third-order valence-electron chi connectivity index (χ3n) is 1.76. The summed E-state index contributed by atoms with van der Waals surface area (Å²) in [6.07, 6.45) is 8.92. The number of hydrogen-bond acceptors (Lipinski definition) is 2. The van der Waals surface area contributed by atoms with E-state index in [2.05, 4.69) is 16.1 Å². The predicted molar refractivity (Wildman–Crippen MR) is 47.1 cm³/mol. The van der Waals surface area contributed by atoms with Crippen molar-refractivity contribution >= 4 is 23.1 Å². The zero-order valence-corrected chi connectivity index (χ0v) is 6.62. The SMILES string of the molecule is ClC1=NC2=CC=CCC2C=N1. The molecule has 2 rings (SSSR count). The third kappa shape index (κ3) is 1.26. The standard InChI is InChI=1S/C8H7ClN2/c9-8-10-5-6-3-1-2-4-7(6)11-8/h1-2,4-6H,3H2. The molecule has 1 heterocycles. The number of allylic oxidation sites excluding steroid dienone is 4. The summed E-state index contributed by atoms with van der Waals surface area (Å²) >= 11 is 5.62. The van der Waals surface area contributed by atoms with Crippen molar-refractivity contribution in [2.45, 2.75) is 6.42 Å². The first kappa shape index (κ1) is 6.80. The molecule has 0 spiro atoms. The smallest absolute Gasteiger partial charge is 0.222 e. The molecule has 1 unspecified atom stereocenters. The molecule has 1 aliphatic carbocycles. The second-order valence-corrected chi connectivity index (χ2v) is 2.86. The van der Waals surface area contributed by atoms with E-state index in [9.17, 15) is 0 Å². The van der Waals surface area contributed by atoms with Crippen LogP contribution in [0.4, 0.5) is 0 Å². The van der Waals surface area contributed by atoms with Crippen LogP contribution < -0.4 is 0 Å². The first-order valence-electron chi connectivity index (χ1n) is 3.51. The fourth-order valence-corrected chi connectivity index (χ4v) is 1.33. The van der Waals surface area contributed by atoms with Crippen molar-refractivity contribution in [1.82, 2.24) is 0 Å². The number of rotatable bonds is 0. The molecule has 0 aromatic heterocycles. The van der Waals surface area contributed by atoms with Crippen molar-refractivity contribution in [2.75, 3.05) is 0 Å². The largest absolute Gasteiger partial charge is 0.230 e. The minimum atomic E-state index is 0.336. The third-order valence-corrected chi connectivity index (χ3v) is 1.94. The normalized spacial score (nSPS) is 27.5. The molecule has 0 amide bonds. The quantitative estimate of drug-likeness (QED) is 0.493. The highest BCUT2D eigenvalue weighted by atomic mass is 35.5. The molecule has 1 atom stereocenters. The molecule has 0 bridgehead atoms. The summed E-state index contributed by atoms with van der Waals surface area (Å²) < 4.78 is 0. The molecule has 0 aromatic rings. The van der Waals surface area contributed by atoms with Crippen LogP contribution in [0.25, 0.3) is 0 Å². The minimum absolute atomic E-state index is 0.336. The van der Waals surface area contributed by atoms with Gasteiger partial charge in [-0.25, -0.2) is 9.98 Å². The van der Waals surface area contributed by atoms with Crippen LogP contribution in [-0.4, -0.2) is 11.5 Å². The Kier molecular flexibility index (Phi) is 1.62. The number of aliphatic imine (C=N–C) groups is 2. The molecule has 0 radical (unpaired) electrons. The average molecular weight is 167 g/mol. The van der Waals surface area contributed by atoms with Gasteiger partial charge in [0, 0.05) is 12.1 Å². The molecule has 0 saturated heterocycles. The van der Waals surface area contributed by atoms with Crippen LogP contribution in [0.1, 0.15) is 6.42 Å². The Morgan fingerprint density at radius 3 is 3.36 bits per heavy atom. The van der Waals surface area contributed by atoms with E-state index >= 15 is 0 Å². The van der Waals surface area contributed by atoms with Gasteiger partial charge in [0.1, 0.15) is 0 Å². The molecule has 0 saturated carbocycles. The molecule has 11 heavy (non-hydrogen) atoms. The van der Waals surface area contributed by atoms with Gasteiger partial charge in [-0.2, -0.15) is 0 Å². The fraction of sp³-hybridized carbons (Fsp3) is 0.250. The van der Waals surface area contributed by atoms with E-state index in [0.717, 1.165) is 12.1 Å². The number of halogens is 1. The molecule has 56 valence electrons. The van der Waals surface area contributed by atoms with Gasteiger partial charge in [-0.3, -0.25) is 0 Å². The van der Waals surface area contributed by atoms with Gasteiger partial charge < -0.3 is 0 Å². The summed E-state index contributed by atoms with van der Waals surface area (Å²) in [4.78, 5) is 8.03. The van der Waals surface area contributed by atoms with Gasteiger partial charge in [0.25, 0.3) is 0 Å². The monoisotopic (exact) mass is 166 g/mol. The molecule has 2 aliphatic rings. The number of hydrogen-bond donors (Lipinski definition) is 0. The highest BCUT2D eigenvalue weighted by Crippen LogP contribution is 2.23. The van der Waals surface area contributed by atoms with Crippen molar-refractivity contribution in [2.24, 2.45) is 15.9 Å². The van der Waals surface area contributed by atoms with Crippen LogP contribution in [0.5, 0.6) is 0 Å². The van der Waals surface area contributed by atoms with Crippen molar-refractivity contribution in [3.05, 3.63) is 23.9 Å². The van der Waals surface area contributed by atoms with Crippen LogP contribution in [-0.2, 0) is 0 Å². The summed E-state index contributed by atoms with van der Waals surface area (Å²) in [7, 11) is 0. The Hall–Kier alpha value is -0.890. The predicted octanol–water partition coefficient (Wildman–Crippen LogP) is 2.13. The summed E-state index contributed by atoms with van der Waals surface area (Å²) in [5.41, 5.74) is 1.02. The average Bonchev–Trinajstić information content (AvgIpc) is 2.04. The first-order valence-corrected chi connectivity index (χ1v) is 3.89. The number of nitrogens with zero attached hydrogens (tertiary/aromatic N) is 2. The van der Waals surface area contributed by atoms with E-state index in [1.807, 2.05) is 18.4 Å². The second kappa shape index (κ2) is 2.62. The number of fused-ring (bicyclic) bond motifs is 1. The highest BCUT2D eigenvalue weighted by Gasteiger charge is 2.16. The topological polar surface area (TPSA) is 24.7 Å². The Balaban J connectivity index is 2.35. The molecular formula is C8H7ClN2. The highest BCUT2D eigenvalue weighted by molar-refractivity contribution is 6.65. The summed E-state index contributed by atoms with van der Waals surface area (Å²) in [5, 5.41) is 0.336. The maximum atomic E-state index is 5.62.